The topological polar surface area (TPSA) is 95.9 Å². The monoisotopic (exact) mass is 880 g/mol. The summed E-state index contributed by atoms with van der Waals surface area (Å²) in [5.74, 6) is -0.523. The lowest BCUT2D eigenvalue weighted by molar-refractivity contribution is -0.151. The van der Waals surface area contributed by atoms with E-state index in [1.54, 1.807) is 0 Å². The lowest BCUT2D eigenvalue weighted by atomic mass is 10.0. The number of allylic oxidation sites excluding steroid dienone is 12. The minimum Gasteiger partial charge on any atom is -0.462 e. The second-order valence-corrected chi connectivity index (χ2v) is 18.0. The number of hydrogen-bond acceptors (Lipinski definition) is 5. The number of carbonyl (C=O) groups is 2. The number of carbonyl (C=O) groups excluding carboxylic acids is 2. The Morgan fingerprint density at radius 3 is 1.40 bits per heavy atom. The van der Waals surface area contributed by atoms with E-state index >= 15 is 0 Å². The van der Waals surface area contributed by atoms with Crippen molar-refractivity contribution in [3.05, 3.63) is 72.9 Å². The molecule has 6 heteroatoms. The third-order valence-electron chi connectivity index (χ3n) is 11.8. The molecule has 0 saturated heterocycles. The number of aliphatic hydroxyl groups excluding tert-OH is 2. The van der Waals surface area contributed by atoms with Gasteiger partial charge in [0.25, 0.3) is 0 Å². The van der Waals surface area contributed by atoms with Crippen LogP contribution in [0.25, 0.3) is 0 Å². The molecule has 63 heavy (non-hydrogen) atoms. The summed E-state index contributed by atoms with van der Waals surface area (Å²) < 4.78 is 5.92. The molecule has 3 atom stereocenters. The van der Waals surface area contributed by atoms with Gasteiger partial charge in [-0.05, 0) is 89.9 Å². The predicted molar refractivity (Wildman–Crippen MR) is 273 cm³/mol. The number of unbranched alkanes of at least 4 members (excludes halogenated alkanes) is 25. The first kappa shape index (κ1) is 60.3. The number of nitrogens with one attached hydrogen (secondary N) is 1. The Bertz CT molecular complexity index is 1170. The van der Waals surface area contributed by atoms with Crippen LogP contribution in [0, 0.1) is 0 Å². The van der Waals surface area contributed by atoms with Crippen LogP contribution < -0.4 is 5.32 Å². The van der Waals surface area contributed by atoms with Gasteiger partial charge in [-0.15, -0.1) is 0 Å². The Hall–Kier alpha value is -2.70. The standard InChI is InChI=1S/C57H101NO5/c1-4-7-10-13-16-19-21-23-25-27-28-29-31-33-35-38-41-44-47-50-57(62)63-53(48-45-42-39-37-34-32-30-26-24-22-20-17-14-11-8-5-2)51-56(61)58-54(52-59)55(60)49-46-43-40-36-18-15-12-9-6-3/h16,19,22-26,28-30,32,34,53-55,59-60H,4-15,17-18,20-21,27,31,33,35-52H2,1-3H3,(H,58,61)/b19-16-,24-22+,25-23-,29-28-,30-26+,34-32+. The molecule has 0 aliphatic rings. The fourth-order valence-corrected chi connectivity index (χ4v) is 7.73. The first-order valence-corrected chi connectivity index (χ1v) is 26.7. The fraction of sp³-hybridized carbons (Fsp3) is 0.754. The van der Waals surface area contributed by atoms with Crippen LogP contribution in [0.3, 0.4) is 0 Å². The first-order chi connectivity index (χ1) is 31.0. The summed E-state index contributed by atoms with van der Waals surface area (Å²) in [7, 11) is 0. The fourth-order valence-electron chi connectivity index (χ4n) is 7.73. The average Bonchev–Trinajstić information content (AvgIpc) is 3.28. The SMILES string of the molecule is CCCCC/C=C\C/C=C\C/C=C\CCCCCCCCC(=O)OC(CCCCC/C=C/C=C/C=C/CCCCCCC)CC(=O)NC(CO)C(O)CCCCCCCCCCC. The maximum Gasteiger partial charge on any atom is 0.306 e. The molecule has 0 saturated carbocycles. The lowest BCUT2D eigenvalue weighted by Gasteiger charge is -2.24. The minimum absolute atomic E-state index is 0.0468. The van der Waals surface area contributed by atoms with E-state index in [4.69, 9.17) is 4.74 Å². The molecule has 0 aliphatic heterocycles. The molecule has 3 unspecified atom stereocenters. The summed E-state index contributed by atoms with van der Waals surface area (Å²) in [5, 5.41) is 23.7. The molecule has 0 spiro atoms. The summed E-state index contributed by atoms with van der Waals surface area (Å²) in [6.07, 6.45) is 63.9. The summed E-state index contributed by atoms with van der Waals surface area (Å²) in [6.45, 7) is 6.41. The Morgan fingerprint density at radius 2 is 0.873 bits per heavy atom. The van der Waals surface area contributed by atoms with Gasteiger partial charge in [0.15, 0.2) is 0 Å². The van der Waals surface area contributed by atoms with Gasteiger partial charge in [-0.1, -0.05) is 222 Å². The second-order valence-electron chi connectivity index (χ2n) is 18.0. The maximum absolute atomic E-state index is 13.2. The van der Waals surface area contributed by atoms with E-state index in [0.29, 0.717) is 19.3 Å². The molecule has 0 aromatic carbocycles. The van der Waals surface area contributed by atoms with E-state index in [2.05, 4.69) is 99.0 Å². The van der Waals surface area contributed by atoms with Crippen LogP contribution in [-0.4, -0.2) is 46.9 Å². The zero-order chi connectivity index (χ0) is 45.9. The molecule has 6 nitrogen and oxygen atoms in total. The number of rotatable bonds is 47. The highest BCUT2D eigenvalue weighted by atomic mass is 16.5. The maximum atomic E-state index is 13.2. The quantitative estimate of drug-likeness (QED) is 0.0245. The Kier molecular flexibility index (Phi) is 48.1. The highest BCUT2D eigenvalue weighted by molar-refractivity contribution is 5.77. The van der Waals surface area contributed by atoms with Gasteiger partial charge in [0.05, 0.1) is 25.2 Å². The Balaban J connectivity index is 4.65. The second kappa shape index (κ2) is 50.3. The van der Waals surface area contributed by atoms with Crippen molar-refractivity contribution < 1.29 is 24.5 Å². The third-order valence-corrected chi connectivity index (χ3v) is 11.8. The van der Waals surface area contributed by atoms with E-state index in [1.165, 1.54) is 116 Å². The number of hydrogen-bond donors (Lipinski definition) is 3. The van der Waals surface area contributed by atoms with Gasteiger partial charge in [-0.2, -0.15) is 0 Å². The minimum atomic E-state index is -0.801. The summed E-state index contributed by atoms with van der Waals surface area (Å²) >= 11 is 0. The van der Waals surface area contributed by atoms with E-state index in [0.717, 1.165) is 89.9 Å². The zero-order valence-electron chi connectivity index (χ0n) is 41.4. The molecule has 364 valence electrons. The zero-order valence-corrected chi connectivity index (χ0v) is 41.4. The Labute approximate surface area is 390 Å². The number of amides is 1. The van der Waals surface area contributed by atoms with Crippen molar-refractivity contribution in [3.63, 3.8) is 0 Å². The van der Waals surface area contributed by atoms with Gasteiger partial charge in [0.2, 0.25) is 5.91 Å². The van der Waals surface area contributed by atoms with Gasteiger partial charge in [0, 0.05) is 6.42 Å². The van der Waals surface area contributed by atoms with Crippen molar-refractivity contribution in [3.8, 4) is 0 Å². The Morgan fingerprint density at radius 1 is 0.476 bits per heavy atom. The number of ether oxygens (including phenoxy) is 1. The normalized spacial score (nSPS) is 13.8. The van der Waals surface area contributed by atoms with E-state index in [-0.39, 0.29) is 24.9 Å². The smallest absolute Gasteiger partial charge is 0.306 e. The van der Waals surface area contributed by atoms with Crippen LogP contribution in [0.15, 0.2) is 72.9 Å². The first-order valence-electron chi connectivity index (χ1n) is 26.7. The van der Waals surface area contributed by atoms with Crippen molar-refractivity contribution in [2.75, 3.05) is 6.61 Å². The molecule has 0 aliphatic carbocycles. The van der Waals surface area contributed by atoms with Crippen molar-refractivity contribution in [1.29, 1.82) is 0 Å². The summed E-state index contributed by atoms with van der Waals surface area (Å²) in [4.78, 5) is 26.2. The van der Waals surface area contributed by atoms with Gasteiger partial charge < -0.3 is 20.3 Å². The molecule has 0 aromatic heterocycles. The van der Waals surface area contributed by atoms with Gasteiger partial charge in [-0.25, -0.2) is 0 Å². The molecular weight excluding hydrogens is 779 g/mol. The highest BCUT2D eigenvalue weighted by Gasteiger charge is 2.24. The molecule has 1 amide bonds. The molecule has 0 aromatic rings. The molecule has 3 N–H and O–H groups in total. The van der Waals surface area contributed by atoms with Crippen LogP contribution >= 0.6 is 0 Å². The molecule has 0 bridgehead atoms. The molecular formula is C57H101NO5. The van der Waals surface area contributed by atoms with Crippen LogP contribution in [0.4, 0.5) is 0 Å². The molecule has 0 fully saturated rings. The van der Waals surface area contributed by atoms with E-state index in [9.17, 15) is 19.8 Å². The van der Waals surface area contributed by atoms with Crippen LogP contribution in [-0.2, 0) is 14.3 Å². The number of esters is 1. The summed E-state index contributed by atoms with van der Waals surface area (Å²) in [6, 6.07) is -0.717. The van der Waals surface area contributed by atoms with Crippen molar-refractivity contribution in [2.45, 2.75) is 270 Å². The average molecular weight is 880 g/mol. The lowest BCUT2D eigenvalue weighted by Crippen LogP contribution is -2.46. The van der Waals surface area contributed by atoms with Crippen molar-refractivity contribution >= 4 is 11.9 Å². The number of aliphatic hydroxyl groups is 2. The molecule has 0 radical (unpaired) electrons. The molecule has 0 heterocycles. The van der Waals surface area contributed by atoms with Gasteiger partial charge in [-0.3, -0.25) is 9.59 Å². The largest absolute Gasteiger partial charge is 0.462 e. The summed E-state index contributed by atoms with van der Waals surface area (Å²) in [5.41, 5.74) is 0. The van der Waals surface area contributed by atoms with Gasteiger partial charge in [0.1, 0.15) is 6.10 Å². The van der Waals surface area contributed by atoms with Crippen LogP contribution in [0.5, 0.6) is 0 Å². The molecule has 0 rings (SSSR count). The van der Waals surface area contributed by atoms with Crippen LogP contribution in [0.2, 0.25) is 0 Å². The van der Waals surface area contributed by atoms with E-state index < -0.39 is 18.2 Å². The van der Waals surface area contributed by atoms with Crippen molar-refractivity contribution in [1.82, 2.24) is 5.32 Å². The predicted octanol–water partition coefficient (Wildman–Crippen LogP) is 16.2. The van der Waals surface area contributed by atoms with Gasteiger partial charge >= 0.3 is 5.97 Å². The third kappa shape index (κ3) is 45.7. The highest BCUT2D eigenvalue weighted by Crippen LogP contribution is 2.17. The van der Waals surface area contributed by atoms with Crippen molar-refractivity contribution in [2.24, 2.45) is 0 Å². The van der Waals surface area contributed by atoms with E-state index in [1.807, 2.05) is 0 Å². The van der Waals surface area contributed by atoms with Crippen LogP contribution in [0.1, 0.15) is 252 Å².